The summed E-state index contributed by atoms with van der Waals surface area (Å²) in [6, 6.07) is 7.61. The Balaban J connectivity index is 1.61. The molecule has 0 radical (unpaired) electrons. The molecule has 0 N–H and O–H groups in total. The van der Waals surface area contributed by atoms with Gasteiger partial charge >= 0.3 is 0 Å². The van der Waals surface area contributed by atoms with Crippen LogP contribution in [0.5, 0.6) is 0 Å². The smallest absolute Gasteiger partial charge is 0.276 e. The topological polar surface area (TPSA) is 54.3 Å². The van der Waals surface area contributed by atoms with Gasteiger partial charge in [0.05, 0.1) is 12.7 Å². The molecule has 2 heterocycles. The van der Waals surface area contributed by atoms with E-state index in [0.717, 1.165) is 44.7 Å². The molecule has 1 saturated heterocycles. The van der Waals surface area contributed by atoms with Crippen molar-refractivity contribution in [2.24, 2.45) is 0 Å². The summed E-state index contributed by atoms with van der Waals surface area (Å²) in [7, 11) is 0. The van der Waals surface area contributed by atoms with Crippen LogP contribution in [0.1, 0.15) is 29.4 Å². The molecule has 1 aliphatic heterocycles. The summed E-state index contributed by atoms with van der Waals surface area (Å²) in [5, 5.41) is 8.79. The van der Waals surface area contributed by atoms with E-state index in [4.69, 9.17) is 11.6 Å². The van der Waals surface area contributed by atoms with Crippen LogP contribution in [-0.2, 0) is 6.54 Å². The van der Waals surface area contributed by atoms with Crippen molar-refractivity contribution in [1.82, 2.24) is 24.8 Å². The minimum atomic E-state index is -0.0449. The van der Waals surface area contributed by atoms with Crippen molar-refractivity contribution in [2.45, 2.75) is 19.9 Å². The molecule has 1 aliphatic rings. The predicted octanol–water partition coefficient (Wildman–Crippen LogP) is 2.15. The van der Waals surface area contributed by atoms with Crippen LogP contribution in [0.3, 0.4) is 0 Å². The summed E-state index contributed by atoms with van der Waals surface area (Å²) in [6.45, 7) is 7.11. The highest BCUT2D eigenvalue weighted by molar-refractivity contribution is 6.31. The van der Waals surface area contributed by atoms with Crippen molar-refractivity contribution in [1.29, 1.82) is 0 Å². The van der Waals surface area contributed by atoms with Gasteiger partial charge in [0.25, 0.3) is 5.91 Å². The second-order valence-corrected chi connectivity index (χ2v) is 6.43. The van der Waals surface area contributed by atoms with E-state index in [-0.39, 0.29) is 5.91 Å². The molecule has 0 spiro atoms. The van der Waals surface area contributed by atoms with Gasteiger partial charge in [-0.3, -0.25) is 9.69 Å². The third kappa shape index (κ3) is 3.94. The number of amides is 1. The Morgan fingerprint density at radius 3 is 2.67 bits per heavy atom. The lowest BCUT2D eigenvalue weighted by atomic mass is 10.2. The molecular formula is C17H22ClN5O. The van der Waals surface area contributed by atoms with Gasteiger partial charge < -0.3 is 4.90 Å². The van der Waals surface area contributed by atoms with Crippen LogP contribution in [0.25, 0.3) is 0 Å². The zero-order chi connectivity index (χ0) is 16.9. The number of piperazine rings is 1. The molecule has 0 unspecified atom stereocenters. The van der Waals surface area contributed by atoms with E-state index in [1.807, 2.05) is 29.2 Å². The summed E-state index contributed by atoms with van der Waals surface area (Å²) >= 11 is 6.16. The quantitative estimate of drug-likeness (QED) is 0.831. The number of carbonyl (C=O) groups excluding carboxylic acids is 1. The molecule has 3 rings (SSSR count). The number of hydrogen-bond acceptors (Lipinski definition) is 4. The van der Waals surface area contributed by atoms with Gasteiger partial charge in [-0.1, -0.05) is 41.9 Å². The van der Waals surface area contributed by atoms with Gasteiger partial charge in [-0.15, -0.1) is 5.10 Å². The molecule has 0 aliphatic carbocycles. The molecule has 24 heavy (non-hydrogen) atoms. The molecule has 1 aromatic heterocycles. The predicted molar refractivity (Wildman–Crippen MR) is 93.2 cm³/mol. The van der Waals surface area contributed by atoms with Crippen molar-refractivity contribution < 1.29 is 4.79 Å². The number of nitrogens with zero attached hydrogens (tertiary/aromatic N) is 5. The van der Waals surface area contributed by atoms with Crippen LogP contribution in [0.2, 0.25) is 5.02 Å². The van der Waals surface area contributed by atoms with Crippen LogP contribution in [0, 0.1) is 0 Å². The largest absolute Gasteiger partial charge is 0.335 e. The SMILES string of the molecule is CCCN1CCN(C(=O)c2cn(Cc3ccccc3Cl)nn2)CC1. The number of carbonyl (C=O) groups is 1. The van der Waals surface area contributed by atoms with E-state index >= 15 is 0 Å². The molecule has 6 nitrogen and oxygen atoms in total. The fourth-order valence-corrected chi connectivity index (χ4v) is 3.12. The fourth-order valence-electron chi connectivity index (χ4n) is 2.93. The van der Waals surface area contributed by atoms with Gasteiger partial charge in [-0.2, -0.15) is 0 Å². The molecule has 128 valence electrons. The van der Waals surface area contributed by atoms with E-state index in [1.54, 1.807) is 10.9 Å². The van der Waals surface area contributed by atoms with Crippen LogP contribution < -0.4 is 0 Å². The van der Waals surface area contributed by atoms with Crippen molar-refractivity contribution in [3.8, 4) is 0 Å². The zero-order valence-corrected chi connectivity index (χ0v) is 14.6. The highest BCUT2D eigenvalue weighted by atomic mass is 35.5. The first-order chi connectivity index (χ1) is 11.7. The van der Waals surface area contributed by atoms with E-state index in [9.17, 15) is 4.79 Å². The van der Waals surface area contributed by atoms with Crippen LogP contribution >= 0.6 is 11.6 Å². The normalized spacial score (nSPS) is 15.7. The van der Waals surface area contributed by atoms with Gasteiger partial charge in [0.1, 0.15) is 0 Å². The minimum Gasteiger partial charge on any atom is -0.335 e. The number of halogens is 1. The number of benzene rings is 1. The Hall–Kier alpha value is -1.92. The number of aromatic nitrogens is 3. The average Bonchev–Trinajstić information content (AvgIpc) is 3.06. The van der Waals surface area contributed by atoms with Crippen molar-refractivity contribution in [3.05, 3.63) is 46.7 Å². The Kier molecular flexibility index (Phi) is 5.48. The number of hydrogen-bond donors (Lipinski definition) is 0. The Bertz CT molecular complexity index is 694. The van der Waals surface area contributed by atoms with Crippen molar-refractivity contribution >= 4 is 17.5 Å². The van der Waals surface area contributed by atoms with E-state index in [1.165, 1.54) is 0 Å². The molecule has 0 atom stereocenters. The number of rotatable bonds is 5. The molecule has 0 bridgehead atoms. The van der Waals surface area contributed by atoms with Crippen LogP contribution in [-0.4, -0.2) is 63.4 Å². The highest BCUT2D eigenvalue weighted by Gasteiger charge is 2.23. The third-order valence-corrected chi connectivity index (χ3v) is 4.62. The maximum absolute atomic E-state index is 12.6. The molecule has 1 fully saturated rings. The summed E-state index contributed by atoms with van der Waals surface area (Å²) in [5.41, 5.74) is 1.35. The van der Waals surface area contributed by atoms with Gasteiger partial charge in [0, 0.05) is 31.2 Å². The fraction of sp³-hybridized carbons (Fsp3) is 0.471. The van der Waals surface area contributed by atoms with Crippen molar-refractivity contribution in [2.75, 3.05) is 32.7 Å². The first-order valence-electron chi connectivity index (χ1n) is 8.32. The second-order valence-electron chi connectivity index (χ2n) is 6.03. The summed E-state index contributed by atoms with van der Waals surface area (Å²) in [5.74, 6) is -0.0449. The molecule has 2 aromatic rings. The van der Waals surface area contributed by atoms with Crippen molar-refractivity contribution in [3.63, 3.8) is 0 Å². The van der Waals surface area contributed by atoms with E-state index < -0.39 is 0 Å². The van der Waals surface area contributed by atoms with Gasteiger partial charge in [-0.25, -0.2) is 4.68 Å². The standard InChI is InChI=1S/C17H22ClN5O/c1-2-7-21-8-10-22(11-9-21)17(24)16-13-23(20-19-16)12-14-5-3-4-6-15(14)18/h3-6,13H,2,7-12H2,1H3. The molecule has 1 aromatic carbocycles. The van der Waals surface area contributed by atoms with Crippen LogP contribution in [0.4, 0.5) is 0 Å². The maximum atomic E-state index is 12.6. The van der Waals surface area contributed by atoms with E-state index in [2.05, 4.69) is 22.1 Å². The molecule has 0 saturated carbocycles. The third-order valence-electron chi connectivity index (χ3n) is 4.25. The first kappa shape index (κ1) is 16.9. The maximum Gasteiger partial charge on any atom is 0.276 e. The van der Waals surface area contributed by atoms with Gasteiger partial charge in [0.15, 0.2) is 5.69 Å². The summed E-state index contributed by atoms with van der Waals surface area (Å²) < 4.78 is 1.65. The van der Waals surface area contributed by atoms with Gasteiger partial charge in [-0.05, 0) is 24.6 Å². The Morgan fingerprint density at radius 2 is 1.96 bits per heavy atom. The molecule has 7 heteroatoms. The Labute approximate surface area is 147 Å². The minimum absolute atomic E-state index is 0.0449. The Morgan fingerprint density at radius 1 is 1.21 bits per heavy atom. The summed E-state index contributed by atoms with van der Waals surface area (Å²) in [6.07, 6.45) is 2.84. The molecular weight excluding hydrogens is 326 g/mol. The highest BCUT2D eigenvalue weighted by Crippen LogP contribution is 2.16. The molecule has 1 amide bonds. The monoisotopic (exact) mass is 347 g/mol. The van der Waals surface area contributed by atoms with Crippen LogP contribution in [0.15, 0.2) is 30.5 Å². The average molecular weight is 348 g/mol. The lowest BCUT2D eigenvalue weighted by molar-refractivity contribution is 0.0631. The van der Waals surface area contributed by atoms with Gasteiger partial charge in [0.2, 0.25) is 0 Å². The first-order valence-corrected chi connectivity index (χ1v) is 8.70. The lowest BCUT2D eigenvalue weighted by Crippen LogP contribution is -2.48. The lowest BCUT2D eigenvalue weighted by Gasteiger charge is -2.34. The second kappa shape index (κ2) is 7.77. The van der Waals surface area contributed by atoms with E-state index in [0.29, 0.717) is 17.3 Å². The zero-order valence-electron chi connectivity index (χ0n) is 13.9. The summed E-state index contributed by atoms with van der Waals surface area (Å²) in [4.78, 5) is 16.8.